The van der Waals surface area contributed by atoms with Crippen molar-refractivity contribution in [3.8, 4) is 0 Å². The number of aromatic nitrogens is 3. The second-order valence-electron chi connectivity index (χ2n) is 6.83. The van der Waals surface area contributed by atoms with E-state index in [1.807, 2.05) is 16.1 Å². The molecule has 1 aliphatic heterocycles. The third-order valence-electron chi connectivity index (χ3n) is 4.31. The third-order valence-corrected chi connectivity index (χ3v) is 7.48. The Morgan fingerprint density at radius 2 is 1.94 bits per heavy atom. The Bertz CT molecular complexity index is 1160. The Labute approximate surface area is 195 Å². The molecule has 0 spiro atoms. The molecule has 0 atom stereocenters. The van der Waals surface area contributed by atoms with E-state index in [0.29, 0.717) is 37.8 Å². The molecule has 0 saturated heterocycles. The van der Waals surface area contributed by atoms with Gasteiger partial charge in [0.25, 0.3) is 0 Å². The quantitative estimate of drug-likeness (QED) is 0.406. The van der Waals surface area contributed by atoms with E-state index in [1.54, 1.807) is 20.0 Å². The third kappa shape index (κ3) is 4.81. The van der Waals surface area contributed by atoms with E-state index < -0.39 is 5.41 Å². The molecule has 8 nitrogen and oxygen atoms in total. The fraction of sp³-hybridized carbons (Fsp3) is 0.316. The zero-order valence-corrected chi connectivity index (χ0v) is 20.4. The van der Waals surface area contributed by atoms with E-state index in [2.05, 4.69) is 44.1 Å². The molecule has 31 heavy (non-hydrogen) atoms. The fourth-order valence-electron chi connectivity index (χ4n) is 2.59. The van der Waals surface area contributed by atoms with Crippen molar-refractivity contribution in [1.29, 1.82) is 0 Å². The summed E-state index contributed by atoms with van der Waals surface area (Å²) in [5, 5.41) is 24.7. The number of allylic oxidation sites excluding steroid dienone is 1. The molecule has 1 aliphatic rings. The van der Waals surface area contributed by atoms with Crippen molar-refractivity contribution in [1.82, 2.24) is 15.0 Å². The van der Waals surface area contributed by atoms with Crippen LogP contribution >= 0.6 is 45.8 Å². The van der Waals surface area contributed by atoms with Crippen LogP contribution in [0.5, 0.6) is 0 Å². The number of nitrogens with zero attached hydrogens (tertiary/aromatic N) is 6. The van der Waals surface area contributed by atoms with Gasteiger partial charge in [-0.1, -0.05) is 6.92 Å². The van der Waals surface area contributed by atoms with Crippen molar-refractivity contribution in [2.75, 3.05) is 6.61 Å². The van der Waals surface area contributed by atoms with E-state index in [0.717, 1.165) is 11.4 Å². The summed E-state index contributed by atoms with van der Waals surface area (Å²) in [5.41, 5.74) is 1.95. The van der Waals surface area contributed by atoms with E-state index in [9.17, 15) is 5.11 Å². The highest BCUT2D eigenvalue weighted by Gasteiger charge is 2.27. The van der Waals surface area contributed by atoms with Gasteiger partial charge >= 0.3 is 0 Å². The minimum absolute atomic E-state index is 0.322. The van der Waals surface area contributed by atoms with Gasteiger partial charge in [0.05, 0.1) is 32.5 Å². The lowest BCUT2D eigenvalue weighted by molar-refractivity contribution is -0.356. The summed E-state index contributed by atoms with van der Waals surface area (Å²) in [6.45, 7) is 8.01. The second-order valence-corrected chi connectivity index (χ2v) is 10.3. The zero-order valence-electron chi connectivity index (χ0n) is 17.1. The topological polar surface area (TPSA) is 110 Å². The number of ether oxygens (including phenoxy) is 1. The number of thioether (sulfide) groups is 1. The molecule has 12 heteroatoms. The SMILES string of the molecule is CCO/C([O-])=C1/S/C(=N/c2nc(C(C)(C)c3csc([N-]c4nccs4)n3)cs2)N=C1C. The van der Waals surface area contributed by atoms with E-state index in [4.69, 9.17) is 4.74 Å². The maximum absolute atomic E-state index is 12.0. The molecule has 0 saturated carbocycles. The average Bonchev–Trinajstić information content (AvgIpc) is 3.50. The van der Waals surface area contributed by atoms with E-state index in [1.165, 1.54) is 45.8 Å². The van der Waals surface area contributed by atoms with Crippen molar-refractivity contribution in [3.05, 3.63) is 49.9 Å². The van der Waals surface area contributed by atoms with Crippen LogP contribution in [0.3, 0.4) is 0 Å². The van der Waals surface area contributed by atoms with Gasteiger partial charge in [-0.05, 0) is 61.8 Å². The predicted octanol–water partition coefficient (Wildman–Crippen LogP) is 5.48. The van der Waals surface area contributed by atoms with Gasteiger partial charge in [-0.2, -0.15) is 4.99 Å². The molecule has 4 rings (SSSR count). The maximum Gasteiger partial charge on any atom is 0.211 e. The molecular weight excluding hydrogens is 473 g/mol. The molecule has 3 aromatic heterocycles. The van der Waals surface area contributed by atoms with Crippen molar-refractivity contribution in [2.45, 2.75) is 33.1 Å². The van der Waals surface area contributed by atoms with Gasteiger partial charge in [-0.15, -0.1) is 34.0 Å². The van der Waals surface area contributed by atoms with Crippen LogP contribution in [0, 0.1) is 0 Å². The van der Waals surface area contributed by atoms with Gasteiger partial charge in [0.1, 0.15) is 0 Å². The first-order valence-corrected chi connectivity index (χ1v) is 12.7. The number of hydrogen-bond acceptors (Lipinski definition) is 10. The molecule has 3 aromatic rings. The van der Waals surface area contributed by atoms with Gasteiger partial charge in [0.15, 0.2) is 5.17 Å². The summed E-state index contributed by atoms with van der Waals surface area (Å²) in [6, 6.07) is 0. The normalized spacial score (nSPS) is 17.2. The summed E-state index contributed by atoms with van der Waals surface area (Å²) in [6.07, 6.45) is 1.72. The minimum Gasteiger partial charge on any atom is -0.613 e. The summed E-state index contributed by atoms with van der Waals surface area (Å²) < 4.78 is 5.06. The highest BCUT2D eigenvalue weighted by molar-refractivity contribution is 8.18. The molecule has 0 N–H and O–H groups in total. The lowest BCUT2D eigenvalue weighted by atomic mass is 9.87. The number of thiazole rings is 3. The Morgan fingerprint density at radius 1 is 1.16 bits per heavy atom. The summed E-state index contributed by atoms with van der Waals surface area (Å²) in [4.78, 5) is 22.9. The molecule has 162 valence electrons. The van der Waals surface area contributed by atoms with E-state index >= 15 is 0 Å². The van der Waals surface area contributed by atoms with Crippen LogP contribution < -0.4 is 5.11 Å². The maximum atomic E-state index is 12.0. The Kier molecular flexibility index (Phi) is 6.42. The number of amidine groups is 1. The standard InChI is InChI=1S/C19H19N6O2S4/c1-5-27-14(26)13-10(2)21-18(31-13)25-17-23-12(9-30-17)19(3,4)11-8-29-16(22-11)24-15-20-6-7-28-15/h6-9H,5H2,1-4H3,(H-,20,21,22,23,24,25,26)/q-1/p-1. The monoisotopic (exact) mass is 490 g/mol. The molecule has 0 bridgehead atoms. The molecule has 0 aromatic carbocycles. The zero-order chi connectivity index (χ0) is 22.0. The first kappa shape index (κ1) is 21.9. The van der Waals surface area contributed by atoms with Crippen LogP contribution in [0.25, 0.3) is 5.32 Å². The van der Waals surface area contributed by atoms with Crippen LogP contribution in [0.1, 0.15) is 39.1 Å². The first-order valence-electron chi connectivity index (χ1n) is 9.26. The molecule has 0 radical (unpaired) electrons. The Morgan fingerprint density at radius 3 is 2.68 bits per heavy atom. The van der Waals surface area contributed by atoms with Gasteiger partial charge < -0.3 is 25.1 Å². The predicted molar refractivity (Wildman–Crippen MR) is 128 cm³/mol. The Balaban J connectivity index is 1.51. The highest BCUT2D eigenvalue weighted by atomic mass is 32.2. The van der Waals surface area contributed by atoms with Crippen molar-refractivity contribution in [2.24, 2.45) is 9.98 Å². The van der Waals surface area contributed by atoms with Crippen LogP contribution in [0.15, 0.2) is 43.2 Å². The molecular formula is C19H18N6O2S4-2. The molecule has 0 unspecified atom stereocenters. The van der Waals surface area contributed by atoms with Crippen molar-refractivity contribution >= 4 is 72.0 Å². The first-order chi connectivity index (χ1) is 14.9. The molecule has 0 fully saturated rings. The second kappa shape index (κ2) is 9.07. The van der Waals surface area contributed by atoms with Crippen LogP contribution in [0.2, 0.25) is 0 Å². The number of aliphatic imine (C=N–C) groups is 2. The van der Waals surface area contributed by atoms with Gasteiger partial charge in [0.2, 0.25) is 5.13 Å². The highest BCUT2D eigenvalue weighted by Crippen LogP contribution is 2.40. The molecule has 4 heterocycles. The van der Waals surface area contributed by atoms with Crippen LogP contribution in [-0.2, 0) is 10.2 Å². The van der Waals surface area contributed by atoms with Gasteiger partial charge in [0, 0.05) is 10.8 Å². The minimum atomic E-state index is -0.410. The Hall–Kier alpha value is -2.28. The smallest absolute Gasteiger partial charge is 0.211 e. The number of rotatable bonds is 7. The lowest BCUT2D eigenvalue weighted by Gasteiger charge is -2.22. The largest absolute Gasteiger partial charge is 0.613 e. The molecule has 0 amide bonds. The van der Waals surface area contributed by atoms with Gasteiger partial charge in [-0.25, -0.2) is 9.98 Å². The molecule has 0 aliphatic carbocycles. The average molecular weight is 491 g/mol. The van der Waals surface area contributed by atoms with E-state index in [-0.39, 0.29) is 5.95 Å². The summed E-state index contributed by atoms with van der Waals surface area (Å²) >= 11 is 5.59. The summed E-state index contributed by atoms with van der Waals surface area (Å²) in [5.74, 6) is -0.373. The van der Waals surface area contributed by atoms with Gasteiger partial charge in [-0.3, -0.25) is 0 Å². The number of hydrogen-bond donors (Lipinski definition) is 0. The van der Waals surface area contributed by atoms with Crippen molar-refractivity contribution < 1.29 is 9.84 Å². The fourth-order valence-corrected chi connectivity index (χ4v) is 5.75. The van der Waals surface area contributed by atoms with Crippen molar-refractivity contribution in [3.63, 3.8) is 0 Å². The summed E-state index contributed by atoms with van der Waals surface area (Å²) in [7, 11) is 0. The van der Waals surface area contributed by atoms with Crippen LogP contribution in [0.4, 0.5) is 15.4 Å². The van der Waals surface area contributed by atoms with Crippen LogP contribution in [-0.4, -0.2) is 32.4 Å². The lowest BCUT2D eigenvalue weighted by Crippen LogP contribution is -2.19.